The van der Waals surface area contributed by atoms with Gasteiger partial charge in [-0.2, -0.15) is 0 Å². The van der Waals surface area contributed by atoms with Crippen LogP contribution in [-0.2, 0) is 0 Å². The van der Waals surface area contributed by atoms with E-state index in [-0.39, 0.29) is 0 Å². The molecule has 2 heteroatoms. The van der Waals surface area contributed by atoms with Crippen LogP contribution < -0.4 is 0 Å². The fraction of sp³-hybridized carbons (Fsp3) is 0.100. The Labute approximate surface area is 138 Å². The fourth-order valence-electron chi connectivity index (χ4n) is 3.73. The molecule has 0 amide bonds. The van der Waals surface area contributed by atoms with E-state index in [9.17, 15) is 0 Å². The predicted octanol–water partition coefficient (Wildman–Crippen LogP) is 6.67. The van der Waals surface area contributed by atoms with Gasteiger partial charge < -0.3 is 0 Å². The number of hydrogen-bond acceptors (Lipinski definition) is 2. The van der Waals surface area contributed by atoms with Crippen molar-refractivity contribution in [2.24, 2.45) is 0 Å². The zero-order chi connectivity index (χ0) is 15.0. The van der Waals surface area contributed by atoms with Gasteiger partial charge in [-0.1, -0.05) is 12.2 Å². The van der Waals surface area contributed by atoms with Crippen LogP contribution in [0.1, 0.15) is 36.1 Å². The quantitative estimate of drug-likeness (QED) is 0.299. The van der Waals surface area contributed by atoms with Crippen molar-refractivity contribution in [1.29, 1.82) is 0 Å². The van der Waals surface area contributed by atoms with E-state index < -0.39 is 0 Å². The van der Waals surface area contributed by atoms with Gasteiger partial charge in [-0.25, -0.2) is 0 Å². The van der Waals surface area contributed by atoms with Gasteiger partial charge in [0, 0.05) is 32.0 Å². The van der Waals surface area contributed by atoms with Gasteiger partial charge in [0.1, 0.15) is 0 Å². The maximum atomic E-state index is 4.33. The Hall–Kier alpha value is -1.90. The summed E-state index contributed by atoms with van der Waals surface area (Å²) < 4.78 is 0. The van der Waals surface area contributed by atoms with Crippen molar-refractivity contribution < 1.29 is 0 Å². The average molecular weight is 318 g/mol. The minimum absolute atomic E-state index is 1.18. The lowest BCUT2D eigenvalue weighted by atomic mass is 9.96. The van der Waals surface area contributed by atoms with Gasteiger partial charge in [0.2, 0.25) is 0 Å². The maximum absolute atomic E-state index is 4.33. The summed E-state index contributed by atoms with van der Waals surface area (Å²) in [6, 6.07) is 9.23. The molecule has 0 atom stereocenters. The summed E-state index contributed by atoms with van der Waals surface area (Å²) in [5.41, 5.74) is 12.2. The summed E-state index contributed by atoms with van der Waals surface area (Å²) in [5.74, 6) is 0. The maximum Gasteiger partial charge on any atom is 0.0427 e. The van der Waals surface area contributed by atoms with E-state index in [2.05, 4.69) is 55.5 Å². The van der Waals surface area contributed by atoms with Gasteiger partial charge >= 0.3 is 0 Å². The average Bonchev–Trinajstić information content (AvgIpc) is 3.21. The Morgan fingerprint density at radius 2 is 1.36 bits per heavy atom. The molecular weight excluding hydrogens is 304 g/mol. The van der Waals surface area contributed by atoms with Crippen molar-refractivity contribution in [3.8, 4) is 20.9 Å². The van der Waals surface area contributed by atoms with Crippen LogP contribution in [0.4, 0.5) is 0 Å². The minimum Gasteiger partial charge on any atom is -0.143 e. The molecule has 22 heavy (non-hydrogen) atoms. The van der Waals surface area contributed by atoms with Crippen molar-refractivity contribution in [1.82, 2.24) is 0 Å². The van der Waals surface area contributed by atoms with E-state index in [1.807, 2.05) is 22.7 Å². The van der Waals surface area contributed by atoms with E-state index in [1.165, 1.54) is 59.9 Å². The first-order chi connectivity index (χ1) is 10.7. The molecule has 0 spiro atoms. The van der Waals surface area contributed by atoms with Crippen molar-refractivity contribution in [2.45, 2.75) is 13.8 Å². The van der Waals surface area contributed by atoms with E-state index in [4.69, 9.17) is 0 Å². The van der Waals surface area contributed by atoms with Crippen LogP contribution in [0.15, 0.2) is 47.2 Å². The normalized spacial score (nSPS) is 13.9. The van der Waals surface area contributed by atoms with E-state index in [0.717, 1.165) is 0 Å². The molecule has 0 saturated heterocycles. The number of benzene rings is 1. The molecule has 0 nitrogen and oxygen atoms in total. The highest BCUT2D eigenvalue weighted by molar-refractivity contribution is 7.14. The second-order valence-electron chi connectivity index (χ2n) is 6.12. The van der Waals surface area contributed by atoms with Crippen LogP contribution in [0, 0.1) is 0 Å². The molecule has 0 aliphatic heterocycles. The molecule has 2 aliphatic rings. The Balaban J connectivity index is 1.89. The molecule has 2 aliphatic carbocycles. The molecular formula is C20H14S2. The topological polar surface area (TPSA) is 0 Å². The standard InChI is InChI=1S/C20H14S2/c1-10(2)18-13-5-7-22-20(13)17-8-14-11(3)12-4-6-21-19(12)16(14)9-15(17)18/h4-9H,3H2,1-2H3. The van der Waals surface area contributed by atoms with Gasteiger partial charge in [-0.3, -0.25) is 0 Å². The molecule has 0 radical (unpaired) electrons. The van der Waals surface area contributed by atoms with Gasteiger partial charge in [0.25, 0.3) is 0 Å². The Bertz CT molecular complexity index is 1000. The summed E-state index contributed by atoms with van der Waals surface area (Å²) in [4.78, 5) is 2.79. The van der Waals surface area contributed by atoms with Crippen LogP contribution in [0.3, 0.4) is 0 Å². The highest BCUT2D eigenvalue weighted by atomic mass is 32.1. The third-order valence-electron chi connectivity index (χ3n) is 4.67. The number of fused-ring (bicyclic) bond motifs is 6. The molecule has 106 valence electrons. The summed E-state index contributed by atoms with van der Waals surface area (Å²) in [6.45, 7) is 8.76. The summed E-state index contributed by atoms with van der Waals surface area (Å²) in [6.07, 6.45) is 0. The second-order valence-corrected chi connectivity index (χ2v) is 7.96. The van der Waals surface area contributed by atoms with Gasteiger partial charge in [0.15, 0.2) is 0 Å². The molecule has 2 aromatic heterocycles. The lowest BCUT2D eigenvalue weighted by molar-refractivity contribution is 1.39. The molecule has 2 heterocycles. The van der Waals surface area contributed by atoms with Crippen molar-refractivity contribution in [3.05, 3.63) is 69.4 Å². The van der Waals surface area contributed by atoms with Crippen LogP contribution in [0.25, 0.3) is 32.0 Å². The van der Waals surface area contributed by atoms with E-state index in [1.54, 1.807) is 0 Å². The van der Waals surface area contributed by atoms with E-state index >= 15 is 0 Å². The predicted molar refractivity (Wildman–Crippen MR) is 98.6 cm³/mol. The molecule has 3 aromatic rings. The lowest BCUT2D eigenvalue weighted by Gasteiger charge is -2.09. The molecule has 0 N–H and O–H groups in total. The van der Waals surface area contributed by atoms with Crippen molar-refractivity contribution >= 4 is 33.8 Å². The van der Waals surface area contributed by atoms with Crippen molar-refractivity contribution in [3.63, 3.8) is 0 Å². The first kappa shape index (κ1) is 12.6. The first-order valence-electron chi connectivity index (χ1n) is 7.38. The molecule has 5 rings (SSSR count). The SMILES string of the molecule is C=C1c2cc3c(cc2-c2sccc21)C(=C(C)C)c1ccsc1-3. The zero-order valence-electron chi connectivity index (χ0n) is 12.5. The van der Waals surface area contributed by atoms with Gasteiger partial charge in [-0.05, 0) is 71.1 Å². The first-order valence-corrected chi connectivity index (χ1v) is 9.14. The monoisotopic (exact) mass is 318 g/mol. The van der Waals surface area contributed by atoms with Crippen LogP contribution in [0.5, 0.6) is 0 Å². The fourth-order valence-corrected chi connectivity index (χ4v) is 5.62. The Morgan fingerprint density at radius 3 is 2.09 bits per heavy atom. The molecule has 0 bridgehead atoms. The van der Waals surface area contributed by atoms with Crippen molar-refractivity contribution in [2.75, 3.05) is 0 Å². The molecule has 1 aromatic carbocycles. The number of allylic oxidation sites excluding steroid dienone is 1. The lowest BCUT2D eigenvalue weighted by Crippen LogP contribution is -1.87. The molecule has 0 fully saturated rings. The smallest absolute Gasteiger partial charge is 0.0427 e. The van der Waals surface area contributed by atoms with Gasteiger partial charge in [-0.15, -0.1) is 22.7 Å². The largest absolute Gasteiger partial charge is 0.143 e. The van der Waals surface area contributed by atoms with Crippen LogP contribution in [-0.4, -0.2) is 0 Å². The molecule has 0 saturated carbocycles. The van der Waals surface area contributed by atoms with E-state index in [0.29, 0.717) is 0 Å². The number of thiophene rings is 2. The molecule has 0 unspecified atom stereocenters. The van der Waals surface area contributed by atoms with Crippen LogP contribution >= 0.6 is 22.7 Å². The Kier molecular flexibility index (Phi) is 2.35. The summed E-state index contributed by atoms with van der Waals surface area (Å²) in [5, 5.41) is 4.38. The third kappa shape index (κ3) is 1.37. The highest BCUT2D eigenvalue weighted by Gasteiger charge is 2.31. The summed E-state index contributed by atoms with van der Waals surface area (Å²) in [7, 11) is 0. The van der Waals surface area contributed by atoms with Gasteiger partial charge in [0.05, 0.1) is 0 Å². The zero-order valence-corrected chi connectivity index (χ0v) is 14.1. The third-order valence-corrected chi connectivity index (χ3v) is 6.56. The van der Waals surface area contributed by atoms with Crippen LogP contribution in [0.2, 0.25) is 0 Å². The highest BCUT2D eigenvalue weighted by Crippen LogP contribution is 2.54. The summed E-state index contributed by atoms with van der Waals surface area (Å²) >= 11 is 3.67. The number of rotatable bonds is 0. The Morgan fingerprint density at radius 1 is 0.773 bits per heavy atom. The second kappa shape index (κ2) is 4.09. The minimum atomic E-state index is 1.18. The number of hydrogen-bond donors (Lipinski definition) is 0.